The summed E-state index contributed by atoms with van der Waals surface area (Å²) in [5.41, 5.74) is 1.09. The fourth-order valence-electron chi connectivity index (χ4n) is 2.97. The second-order valence-electron chi connectivity index (χ2n) is 5.81. The van der Waals surface area contributed by atoms with Gasteiger partial charge in [0.05, 0.1) is 11.4 Å². The predicted molar refractivity (Wildman–Crippen MR) is 96.4 cm³/mol. The average molecular weight is 348 g/mol. The molecule has 5 nitrogen and oxygen atoms in total. The Labute approximate surface area is 147 Å². The van der Waals surface area contributed by atoms with Gasteiger partial charge in [-0.3, -0.25) is 4.79 Å². The highest BCUT2D eigenvalue weighted by Crippen LogP contribution is 2.27. The van der Waals surface area contributed by atoms with Crippen LogP contribution < -0.4 is 11.3 Å². The highest BCUT2D eigenvalue weighted by atomic mass is 19.1. The largest absolute Gasteiger partial charge is 0.439 e. The molecular weight excluding hydrogens is 335 g/mol. The van der Waals surface area contributed by atoms with Crippen molar-refractivity contribution in [2.75, 3.05) is 0 Å². The molecule has 0 aliphatic carbocycles. The van der Waals surface area contributed by atoms with Crippen LogP contribution in [0.15, 0.2) is 74.7 Å². The third-order valence-corrected chi connectivity index (χ3v) is 4.23. The van der Waals surface area contributed by atoms with Crippen molar-refractivity contribution in [1.29, 1.82) is 0 Å². The Hall–Kier alpha value is -3.54. The Kier molecular flexibility index (Phi) is 3.73. The van der Waals surface area contributed by atoms with E-state index in [4.69, 9.17) is 4.42 Å². The van der Waals surface area contributed by atoms with Gasteiger partial charge in [0.25, 0.3) is 5.56 Å². The van der Waals surface area contributed by atoms with Crippen molar-refractivity contribution in [1.82, 2.24) is 9.55 Å². The molecule has 2 aromatic heterocycles. The highest BCUT2D eigenvalue weighted by molar-refractivity contribution is 5.92. The molecule has 0 atom stereocenters. The zero-order chi connectivity index (χ0) is 18.3. The minimum atomic E-state index is -0.816. The first-order chi connectivity index (χ1) is 12.6. The molecule has 0 spiro atoms. The van der Waals surface area contributed by atoms with Crippen LogP contribution in [-0.2, 0) is 7.05 Å². The number of pyridine rings is 1. The minimum absolute atomic E-state index is 0.0743. The standard InChI is InChI=1S/C20H13FN2O3/c1-23-15(13-9-5-6-10-14(13)21)11-16-17(19(23)24)18(22-20(25)26-16)12-7-3-2-4-8-12/h2-11H,1H3. The number of halogens is 1. The van der Waals surface area contributed by atoms with E-state index in [2.05, 4.69) is 4.98 Å². The summed E-state index contributed by atoms with van der Waals surface area (Å²) < 4.78 is 20.7. The van der Waals surface area contributed by atoms with E-state index in [9.17, 15) is 14.0 Å². The van der Waals surface area contributed by atoms with Gasteiger partial charge in [-0.2, -0.15) is 4.98 Å². The van der Waals surface area contributed by atoms with Crippen molar-refractivity contribution < 1.29 is 8.81 Å². The first kappa shape index (κ1) is 16.0. The smallest absolute Gasteiger partial charge is 0.408 e. The van der Waals surface area contributed by atoms with Gasteiger partial charge in [-0.05, 0) is 12.1 Å². The van der Waals surface area contributed by atoms with Crippen molar-refractivity contribution in [3.63, 3.8) is 0 Å². The quantitative estimate of drug-likeness (QED) is 0.557. The minimum Gasteiger partial charge on any atom is -0.408 e. The summed E-state index contributed by atoms with van der Waals surface area (Å²) in [5.74, 6) is -1.29. The second kappa shape index (κ2) is 6.07. The Morgan fingerprint density at radius 2 is 1.69 bits per heavy atom. The van der Waals surface area contributed by atoms with Crippen LogP contribution >= 0.6 is 0 Å². The van der Waals surface area contributed by atoms with Crippen LogP contribution in [0.4, 0.5) is 4.39 Å². The van der Waals surface area contributed by atoms with E-state index < -0.39 is 17.1 Å². The van der Waals surface area contributed by atoms with Crippen molar-refractivity contribution in [3.05, 3.63) is 87.4 Å². The zero-order valence-electron chi connectivity index (χ0n) is 13.8. The Balaban J connectivity index is 2.11. The van der Waals surface area contributed by atoms with Gasteiger partial charge in [0.2, 0.25) is 0 Å². The molecule has 0 unspecified atom stereocenters. The summed E-state index contributed by atoms with van der Waals surface area (Å²) in [6.45, 7) is 0. The molecule has 4 rings (SSSR count). The number of nitrogens with zero attached hydrogens (tertiary/aromatic N) is 2. The van der Waals surface area contributed by atoms with Crippen LogP contribution in [0.1, 0.15) is 0 Å². The normalized spacial score (nSPS) is 11.0. The van der Waals surface area contributed by atoms with Gasteiger partial charge in [0, 0.05) is 24.2 Å². The summed E-state index contributed by atoms with van der Waals surface area (Å²) in [4.78, 5) is 28.8. The first-order valence-corrected chi connectivity index (χ1v) is 7.91. The lowest BCUT2D eigenvalue weighted by Gasteiger charge is -2.12. The Morgan fingerprint density at radius 3 is 2.42 bits per heavy atom. The summed E-state index contributed by atoms with van der Waals surface area (Å²) >= 11 is 0. The summed E-state index contributed by atoms with van der Waals surface area (Å²) in [6, 6.07) is 16.5. The van der Waals surface area contributed by atoms with Crippen LogP contribution in [0.2, 0.25) is 0 Å². The van der Waals surface area contributed by atoms with Gasteiger partial charge >= 0.3 is 5.76 Å². The maximum Gasteiger partial charge on any atom is 0.439 e. The lowest BCUT2D eigenvalue weighted by atomic mass is 10.1. The molecule has 6 heteroatoms. The molecule has 128 valence electrons. The summed E-state index contributed by atoms with van der Waals surface area (Å²) in [6.07, 6.45) is 0. The number of fused-ring (bicyclic) bond motifs is 1. The van der Waals surface area contributed by atoms with Crippen LogP contribution in [0.5, 0.6) is 0 Å². The number of aromatic nitrogens is 2. The van der Waals surface area contributed by atoms with Gasteiger partial charge in [-0.1, -0.05) is 42.5 Å². The fourth-order valence-corrected chi connectivity index (χ4v) is 2.97. The predicted octanol–water partition coefficient (Wildman–Crippen LogP) is 3.36. The SMILES string of the molecule is Cn1c(-c2ccccc2F)cc2oc(=O)nc(-c3ccccc3)c2c1=O. The number of hydrogen-bond acceptors (Lipinski definition) is 4. The first-order valence-electron chi connectivity index (χ1n) is 7.91. The second-order valence-corrected chi connectivity index (χ2v) is 5.81. The van der Waals surface area contributed by atoms with E-state index in [0.29, 0.717) is 11.3 Å². The van der Waals surface area contributed by atoms with Crippen molar-refractivity contribution in [2.24, 2.45) is 7.05 Å². The molecular formula is C20H13FN2O3. The third-order valence-electron chi connectivity index (χ3n) is 4.23. The third kappa shape index (κ3) is 2.52. The Morgan fingerprint density at radius 1 is 1.00 bits per heavy atom. The van der Waals surface area contributed by atoms with Gasteiger partial charge in [-0.15, -0.1) is 0 Å². The lowest BCUT2D eigenvalue weighted by molar-refractivity contribution is 0.531. The highest BCUT2D eigenvalue weighted by Gasteiger charge is 2.18. The molecule has 0 fully saturated rings. The van der Waals surface area contributed by atoms with Crippen LogP contribution in [0, 0.1) is 5.82 Å². The average Bonchev–Trinajstić information content (AvgIpc) is 2.65. The van der Waals surface area contributed by atoms with Crippen molar-refractivity contribution in [3.8, 4) is 22.5 Å². The van der Waals surface area contributed by atoms with E-state index in [1.54, 1.807) is 49.5 Å². The topological polar surface area (TPSA) is 65.1 Å². The molecule has 2 aromatic carbocycles. The van der Waals surface area contributed by atoms with Crippen molar-refractivity contribution >= 4 is 11.0 Å². The summed E-state index contributed by atoms with van der Waals surface area (Å²) in [7, 11) is 1.55. The molecule has 0 aliphatic heterocycles. The lowest BCUT2D eigenvalue weighted by Crippen LogP contribution is -2.21. The molecule has 0 saturated heterocycles. The number of hydrogen-bond donors (Lipinski definition) is 0. The maximum atomic E-state index is 14.2. The monoisotopic (exact) mass is 348 g/mol. The van der Waals surface area contributed by atoms with Crippen molar-refractivity contribution in [2.45, 2.75) is 0 Å². The van der Waals surface area contributed by atoms with Gasteiger partial charge in [0.15, 0.2) is 0 Å². The van der Waals surface area contributed by atoms with E-state index >= 15 is 0 Å². The Bertz CT molecular complexity index is 1240. The molecule has 0 aliphatic rings. The molecule has 0 N–H and O–H groups in total. The van der Waals surface area contributed by atoms with E-state index in [1.807, 2.05) is 6.07 Å². The van der Waals surface area contributed by atoms with E-state index in [0.717, 1.165) is 0 Å². The maximum absolute atomic E-state index is 14.2. The van der Waals surface area contributed by atoms with Gasteiger partial charge < -0.3 is 8.98 Å². The molecule has 0 radical (unpaired) electrons. The van der Waals surface area contributed by atoms with E-state index in [1.165, 1.54) is 16.7 Å². The zero-order valence-corrected chi connectivity index (χ0v) is 13.8. The number of benzene rings is 2. The van der Waals surface area contributed by atoms with Gasteiger partial charge in [-0.25, -0.2) is 9.18 Å². The molecule has 26 heavy (non-hydrogen) atoms. The number of rotatable bonds is 2. The molecule has 0 bridgehead atoms. The molecule has 4 aromatic rings. The summed E-state index contributed by atoms with van der Waals surface area (Å²) in [5, 5.41) is 0.179. The molecule has 0 saturated carbocycles. The van der Waals surface area contributed by atoms with Gasteiger partial charge in [0.1, 0.15) is 16.8 Å². The fraction of sp³-hybridized carbons (Fsp3) is 0.0500. The van der Waals surface area contributed by atoms with Crippen LogP contribution in [0.3, 0.4) is 0 Å². The molecule has 0 amide bonds. The van der Waals surface area contributed by atoms with E-state index in [-0.39, 0.29) is 22.2 Å². The molecule has 2 heterocycles. The van der Waals surface area contributed by atoms with Crippen LogP contribution in [-0.4, -0.2) is 9.55 Å². The van der Waals surface area contributed by atoms with Crippen LogP contribution in [0.25, 0.3) is 33.5 Å².